The number of methoxy groups -OCH3 is 2. The van der Waals surface area contributed by atoms with E-state index in [1.807, 2.05) is 30.3 Å². The summed E-state index contributed by atoms with van der Waals surface area (Å²) in [5.41, 5.74) is 3.04. The molecule has 3 aliphatic heterocycles. The van der Waals surface area contributed by atoms with Crippen LogP contribution in [0.1, 0.15) is 28.8 Å². The van der Waals surface area contributed by atoms with Crippen LogP contribution in [0.15, 0.2) is 30.3 Å². The van der Waals surface area contributed by atoms with Crippen LogP contribution in [-0.4, -0.2) is 38.6 Å². The summed E-state index contributed by atoms with van der Waals surface area (Å²) in [5.74, 6) is 2.71. The summed E-state index contributed by atoms with van der Waals surface area (Å²) in [4.78, 5) is 14.3. The molecule has 0 saturated carbocycles. The molecule has 0 bridgehead atoms. The second-order valence-electron chi connectivity index (χ2n) is 6.71. The Balaban J connectivity index is 1.60. The molecule has 27 heavy (non-hydrogen) atoms. The second kappa shape index (κ2) is 5.97. The van der Waals surface area contributed by atoms with Crippen molar-refractivity contribution in [2.75, 3.05) is 27.6 Å². The molecule has 0 aliphatic carbocycles. The number of hydrogen-bond acceptors (Lipinski definition) is 6. The van der Waals surface area contributed by atoms with Crippen LogP contribution < -0.4 is 18.9 Å². The van der Waals surface area contributed by atoms with E-state index in [0.29, 0.717) is 29.5 Å². The predicted molar refractivity (Wildman–Crippen MR) is 94.5 cm³/mol. The number of rotatable bonds is 3. The number of fused-ring (bicyclic) bond motifs is 4. The first-order chi connectivity index (χ1) is 13.2. The molecule has 0 N–H and O–H groups in total. The molecule has 1 amide bonds. The minimum atomic E-state index is -0.427. The fourth-order valence-corrected chi connectivity index (χ4v) is 4.09. The lowest BCUT2D eigenvalue weighted by Gasteiger charge is -2.32. The van der Waals surface area contributed by atoms with E-state index in [4.69, 9.17) is 23.7 Å². The maximum Gasteiger partial charge on any atom is 0.411 e. The van der Waals surface area contributed by atoms with Gasteiger partial charge in [-0.25, -0.2) is 4.79 Å². The zero-order chi connectivity index (χ0) is 18.5. The smallest absolute Gasteiger partial charge is 0.411 e. The van der Waals surface area contributed by atoms with Crippen LogP contribution >= 0.6 is 0 Å². The van der Waals surface area contributed by atoms with E-state index in [-0.39, 0.29) is 18.9 Å². The zero-order valence-electron chi connectivity index (χ0n) is 15.1. The van der Waals surface area contributed by atoms with Gasteiger partial charge in [0.2, 0.25) is 6.79 Å². The van der Waals surface area contributed by atoms with Crippen LogP contribution in [0.3, 0.4) is 0 Å². The number of carbonyl (C=O) groups is 1. The summed E-state index contributed by atoms with van der Waals surface area (Å²) in [6.45, 7) is 0.811. The maximum atomic E-state index is 12.5. The van der Waals surface area contributed by atoms with Gasteiger partial charge in [-0.3, -0.25) is 4.90 Å². The Morgan fingerprint density at radius 1 is 1.04 bits per heavy atom. The molecule has 7 nitrogen and oxygen atoms in total. The molecule has 1 saturated heterocycles. The highest BCUT2D eigenvalue weighted by atomic mass is 16.7. The Morgan fingerprint density at radius 3 is 2.63 bits per heavy atom. The van der Waals surface area contributed by atoms with Gasteiger partial charge in [0.05, 0.1) is 14.2 Å². The monoisotopic (exact) mass is 369 g/mol. The highest BCUT2D eigenvalue weighted by Crippen LogP contribution is 2.49. The molecule has 7 heteroatoms. The number of benzene rings is 2. The van der Waals surface area contributed by atoms with Crippen LogP contribution in [0.4, 0.5) is 4.79 Å². The molecule has 1 fully saturated rings. The van der Waals surface area contributed by atoms with Crippen molar-refractivity contribution in [1.82, 2.24) is 4.90 Å². The largest absolute Gasteiger partial charge is 0.493 e. The van der Waals surface area contributed by atoms with Crippen LogP contribution in [0.2, 0.25) is 0 Å². The number of nitrogens with zero attached hydrogens (tertiary/aromatic N) is 1. The van der Waals surface area contributed by atoms with Gasteiger partial charge in [-0.2, -0.15) is 0 Å². The van der Waals surface area contributed by atoms with E-state index in [1.165, 1.54) is 0 Å². The van der Waals surface area contributed by atoms with Gasteiger partial charge in [-0.1, -0.05) is 6.07 Å². The fourth-order valence-electron chi connectivity index (χ4n) is 4.09. The molecule has 140 valence electrons. The van der Waals surface area contributed by atoms with Crippen molar-refractivity contribution >= 4 is 6.09 Å². The topological polar surface area (TPSA) is 66.5 Å². The van der Waals surface area contributed by atoms with Gasteiger partial charge in [0, 0.05) is 6.54 Å². The van der Waals surface area contributed by atoms with Crippen molar-refractivity contribution < 1.29 is 28.5 Å². The lowest BCUT2D eigenvalue weighted by Crippen LogP contribution is -2.34. The third kappa shape index (κ3) is 2.38. The van der Waals surface area contributed by atoms with Crippen molar-refractivity contribution in [1.29, 1.82) is 0 Å². The van der Waals surface area contributed by atoms with Crippen molar-refractivity contribution in [2.45, 2.75) is 18.6 Å². The molecule has 0 unspecified atom stereocenters. The Morgan fingerprint density at radius 2 is 1.81 bits per heavy atom. The van der Waals surface area contributed by atoms with Crippen LogP contribution in [-0.2, 0) is 11.2 Å². The molecular weight excluding hydrogens is 350 g/mol. The summed E-state index contributed by atoms with van der Waals surface area (Å²) in [6.07, 6.45) is 0.0158. The van der Waals surface area contributed by atoms with Gasteiger partial charge in [0.25, 0.3) is 0 Å². The molecule has 3 heterocycles. The third-order valence-electron chi connectivity index (χ3n) is 5.40. The first-order valence-electron chi connectivity index (χ1n) is 8.81. The van der Waals surface area contributed by atoms with E-state index >= 15 is 0 Å². The summed E-state index contributed by atoms with van der Waals surface area (Å²) in [6, 6.07) is 9.38. The van der Waals surface area contributed by atoms with Gasteiger partial charge in [0.15, 0.2) is 29.1 Å². The fraction of sp³-hybridized carbons (Fsp3) is 0.350. The van der Waals surface area contributed by atoms with E-state index in [1.54, 1.807) is 19.1 Å². The third-order valence-corrected chi connectivity index (χ3v) is 5.40. The van der Waals surface area contributed by atoms with E-state index in [9.17, 15) is 4.79 Å². The molecule has 0 spiro atoms. The molecule has 5 rings (SSSR count). The summed E-state index contributed by atoms with van der Waals surface area (Å²) in [7, 11) is 3.23. The quantitative estimate of drug-likeness (QED) is 0.828. The molecule has 3 aliphatic rings. The number of carbonyl (C=O) groups excluding carboxylic acids is 1. The van der Waals surface area contributed by atoms with E-state index < -0.39 is 6.10 Å². The first-order valence-corrected chi connectivity index (χ1v) is 8.81. The van der Waals surface area contributed by atoms with Crippen molar-refractivity contribution in [3.05, 3.63) is 47.0 Å². The SMILES string of the molecule is COc1cc2c(cc1OC)[C@H]1[C@H](c3ccc4c(c3)OCO4)OC(=O)N1CC2. The average molecular weight is 369 g/mol. The summed E-state index contributed by atoms with van der Waals surface area (Å²) >= 11 is 0. The van der Waals surface area contributed by atoms with Gasteiger partial charge in [-0.05, 0) is 47.4 Å². The Bertz CT molecular complexity index is 927. The average Bonchev–Trinajstić information content (AvgIpc) is 3.30. The normalized spacial score (nSPS) is 22.1. The highest BCUT2D eigenvalue weighted by Gasteiger charge is 2.46. The number of amides is 1. The Labute approximate surface area is 156 Å². The van der Waals surface area contributed by atoms with Gasteiger partial charge < -0.3 is 23.7 Å². The van der Waals surface area contributed by atoms with E-state index in [0.717, 1.165) is 23.1 Å². The standard InChI is InChI=1S/C20H19NO6/c1-23-15-7-11-5-6-21-18(13(11)9-16(15)24-2)19(27-20(21)22)12-3-4-14-17(8-12)26-10-25-14/h3-4,7-9,18-19H,5-6,10H2,1-2H3/t18-,19-/m0/s1. The summed E-state index contributed by atoms with van der Waals surface area (Å²) in [5, 5.41) is 0. The Hall–Kier alpha value is -3.09. The Kier molecular flexibility index (Phi) is 3.56. The maximum absolute atomic E-state index is 12.5. The first kappa shape index (κ1) is 16.1. The molecular formula is C20H19NO6. The minimum Gasteiger partial charge on any atom is -0.493 e. The highest BCUT2D eigenvalue weighted by molar-refractivity contribution is 5.73. The molecule has 2 aromatic carbocycles. The van der Waals surface area contributed by atoms with Gasteiger partial charge in [-0.15, -0.1) is 0 Å². The number of hydrogen-bond donors (Lipinski definition) is 0. The minimum absolute atomic E-state index is 0.207. The molecule has 2 aromatic rings. The number of ether oxygens (including phenoxy) is 5. The van der Waals surface area contributed by atoms with Crippen LogP contribution in [0.5, 0.6) is 23.0 Å². The van der Waals surface area contributed by atoms with Crippen molar-refractivity contribution in [3.8, 4) is 23.0 Å². The number of cyclic esters (lactones) is 1. The summed E-state index contributed by atoms with van der Waals surface area (Å²) < 4.78 is 27.5. The lowest BCUT2D eigenvalue weighted by atomic mass is 9.87. The van der Waals surface area contributed by atoms with Crippen molar-refractivity contribution in [2.24, 2.45) is 0 Å². The molecule has 2 atom stereocenters. The zero-order valence-corrected chi connectivity index (χ0v) is 15.1. The van der Waals surface area contributed by atoms with Gasteiger partial charge in [0.1, 0.15) is 6.04 Å². The van der Waals surface area contributed by atoms with Crippen LogP contribution in [0, 0.1) is 0 Å². The predicted octanol–water partition coefficient (Wildman–Crippen LogP) is 3.22. The molecule has 0 radical (unpaired) electrons. The second-order valence-corrected chi connectivity index (χ2v) is 6.71. The van der Waals surface area contributed by atoms with E-state index in [2.05, 4.69) is 0 Å². The lowest BCUT2D eigenvalue weighted by molar-refractivity contribution is 0.130. The molecule has 0 aromatic heterocycles. The van der Waals surface area contributed by atoms with Gasteiger partial charge >= 0.3 is 6.09 Å². The van der Waals surface area contributed by atoms with Crippen LogP contribution in [0.25, 0.3) is 0 Å². The van der Waals surface area contributed by atoms with Crippen molar-refractivity contribution in [3.63, 3.8) is 0 Å².